The summed E-state index contributed by atoms with van der Waals surface area (Å²) in [7, 11) is 0. The number of rotatable bonds is 2. The smallest absolute Gasteiger partial charge is 0.302 e. The number of hydrogen-bond donors (Lipinski definition) is 4. The van der Waals surface area contributed by atoms with Crippen LogP contribution in [0, 0.1) is 34.0 Å². The number of ether oxygens (including phenoxy) is 2. The number of aliphatic hydroxyl groups is 4. The molecular formula is C22H30O8. The van der Waals surface area contributed by atoms with Gasteiger partial charge in [-0.2, -0.15) is 0 Å². The Morgan fingerprint density at radius 1 is 1.27 bits per heavy atom. The molecule has 4 saturated carbocycles. The third-order valence-electron chi connectivity index (χ3n) is 9.25. The van der Waals surface area contributed by atoms with E-state index in [1.807, 2.05) is 6.92 Å². The lowest BCUT2D eigenvalue weighted by Crippen LogP contribution is -2.84. The van der Waals surface area contributed by atoms with Crippen molar-refractivity contribution in [2.45, 2.75) is 63.6 Å². The van der Waals surface area contributed by atoms with Crippen molar-refractivity contribution in [3.8, 4) is 0 Å². The Morgan fingerprint density at radius 3 is 2.63 bits per heavy atom. The van der Waals surface area contributed by atoms with E-state index in [9.17, 15) is 30.0 Å². The van der Waals surface area contributed by atoms with Crippen molar-refractivity contribution in [1.29, 1.82) is 0 Å². The lowest BCUT2D eigenvalue weighted by atomic mass is 9.36. The summed E-state index contributed by atoms with van der Waals surface area (Å²) in [5, 5.41) is 45.4. The Morgan fingerprint density at radius 2 is 1.97 bits per heavy atom. The molecule has 6 fully saturated rings. The van der Waals surface area contributed by atoms with E-state index in [-0.39, 0.29) is 25.2 Å². The summed E-state index contributed by atoms with van der Waals surface area (Å²) >= 11 is 0. The molecule has 6 rings (SSSR count). The number of ketones is 1. The molecule has 0 amide bonds. The third kappa shape index (κ3) is 1.96. The molecule has 2 aliphatic heterocycles. The predicted molar refractivity (Wildman–Crippen MR) is 102 cm³/mol. The first-order valence-electron chi connectivity index (χ1n) is 10.7. The number of hydrogen-bond acceptors (Lipinski definition) is 8. The minimum Gasteiger partial charge on any atom is -0.465 e. The highest BCUT2D eigenvalue weighted by atomic mass is 16.6. The average Bonchev–Trinajstić information content (AvgIpc) is 2.80. The van der Waals surface area contributed by atoms with Crippen molar-refractivity contribution >= 4 is 11.8 Å². The average molecular weight is 422 g/mol. The largest absolute Gasteiger partial charge is 0.465 e. The molecule has 2 spiro atoms. The molecule has 0 unspecified atom stereocenters. The van der Waals surface area contributed by atoms with E-state index in [4.69, 9.17) is 9.47 Å². The van der Waals surface area contributed by atoms with Gasteiger partial charge in [0.05, 0.1) is 25.4 Å². The monoisotopic (exact) mass is 422 g/mol. The lowest BCUT2D eigenvalue weighted by Gasteiger charge is -2.74. The van der Waals surface area contributed by atoms with E-state index in [0.717, 1.165) is 6.42 Å². The van der Waals surface area contributed by atoms with Crippen molar-refractivity contribution < 1.29 is 39.5 Å². The fourth-order valence-corrected chi connectivity index (χ4v) is 8.24. The summed E-state index contributed by atoms with van der Waals surface area (Å²) in [6.45, 7) is 7.25. The van der Waals surface area contributed by atoms with Crippen LogP contribution in [0.5, 0.6) is 0 Å². The first-order valence-corrected chi connectivity index (χ1v) is 10.7. The molecule has 10 atom stereocenters. The maximum Gasteiger partial charge on any atom is 0.302 e. The molecule has 0 radical (unpaired) electrons. The number of carbonyl (C=O) groups is 2. The molecule has 4 aliphatic carbocycles. The van der Waals surface area contributed by atoms with E-state index in [1.54, 1.807) is 0 Å². The number of carbonyl (C=O) groups excluding carboxylic acids is 2. The van der Waals surface area contributed by atoms with E-state index >= 15 is 0 Å². The molecule has 6 aliphatic rings. The molecule has 0 aromatic rings. The highest BCUT2D eigenvalue weighted by Gasteiger charge is 2.86. The highest BCUT2D eigenvalue weighted by molar-refractivity contribution is 6.05. The van der Waals surface area contributed by atoms with Crippen molar-refractivity contribution in [3.63, 3.8) is 0 Å². The third-order valence-corrected chi connectivity index (χ3v) is 9.25. The van der Waals surface area contributed by atoms with E-state index < -0.39 is 69.9 Å². The SMILES string of the molecule is C=C1C(=O)[C@]23[C@H](O)[C@H]1[C@@H](O)C[C@H]2[C@]12CCC[C@@](C)(COC(C)=O)[C@H]1[C@H](O)[C@@]3(O)OC2. The van der Waals surface area contributed by atoms with Gasteiger partial charge in [0.25, 0.3) is 0 Å². The number of fused-ring (bicyclic) bond motifs is 2. The molecule has 8 heteroatoms. The van der Waals surface area contributed by atoms with E-state index in [2.05, 4.69) is 6.58 Å². The van der Waals surface area contributed by atoms with Crippen LogP contribution in [-0.4, -0.2) is 69.5 Å². The Labute approximate surface area is 174 Å². The van der Waals surface area contributed by atoms with Gasteiger partial charge in [0.15, 0.2) is 5.78 Å². The van der Waals surface area contributed by atoms with Crippen LogP contribution in [0.4, 0.5) is 0 Å². The summed E-state index contributed by atoms with van der Waals surface area (Å²) in [5.41, 5.74) is -3.05. The molecule has 30 heavy (non-hydrogen) atoms. The number of esters is 1. The van der Waals surface area contributed by atoms with Crippen LogP contribution >= 0.6 is 0 Å². The second-order valence-corrected chi connectivity index (χ2v) is 10.5. The minimum absolute atomic E-state index is 0.0794. The Bertz CT molecular complexity index is 841. The second kappa shape index (κ2) is 5.92. The van der Waals surface area contributed by atoms with Crippen LogP contribution in [0.25, 0.3) is 0 Å². The lowest BCUT2D eigenvalue weighted by molar-refractivity contribution is -0.452. The summed E-state index contributed by atoms with van der Waals surface area (Å²) < 4.78 is 11.2. The molecule has 2 saturated heterocycles. The fraction of sp³-hybridized carbons (Fsp3) is 0.818. The maximum atomic E-state index is 13.5. The van der Waals surface area contributed by atoms with Gasteiger partial charge in [-0.15, -0.1) is 0 Å². The zero-order chi connectivity index (χ0) is 21.9. The first kappa shape index (κ1) is 20.6. The summed E-state index contributed by atoms with van der Waals surface area (Å²) in [4.78, 5) is 25.0. The van der Waals surface area contributed by atoms with Crippen LogP contribution in [0.1, 0.15) is 39.5 Å². The van der Waals surface area contributed by atoms with Gasteiger partial charge in [0.2, 0.25) is 5.79 Å². The fourth-order valence-electron chi connectivity index (χ4n) is 8.24. The van der Waals surface area contributed by atoms with Gasteiger partial charge in [-0.05, 0) is 30.8 Å². The van der Waals surface area contributed by atoms with Crippen LogP contribution in [-0.2, 0) is 19.1 Å². The van der Waals surface area contributed by atoms with Gasteiger partial charge < -0.3 is 29.9 Å². The molecule has 166 valence electrons. The molecule has 0 aromatic heterocycles. The summed E-state index contributed by atoms with van der Waals surface area (Å²) in [6.07, 6.45) is -1.54. The van der Waals surface area contributed by atoms with E-state index in [0.29, 0.717) is 12.8 Å². The van der Waals surface area contributed by atoms with E-state index in [1.165, 1.54) is 6.92 Å². The van der Waals surface area contributed by atoms with Gasteiger partial charge in [-0.3, -0.25) is 9.59 Å². The van der Waals surface area contributed by atoms with Crippen LogP contribution < -0.4 is 0 Å². The van der Waals surface area contributed by atoms with Gasteiger partial charge in [0, 0.05) is 29.6 Å². The molecule has 4 bridgehead atoms. The quantitative estimate of drug-likeness (QED) is 0.359. The van der Waals surface area contributed by atoms with Gasteiger partial charge in [-0.25, -0.2) is 0 Å². The summed E-state index contributed by atoms with van der Waals surface area (Å²) in [5.74, 6) is -5.22. The van der Waals surface area contributed by atoms with Crippen molar-refractivity contribution in [2.75, 3.05) is 13.2 Å². The minimum atomic E-state index is -2.30. The topological polar surface area (TPSA) is 134 Å². The molecule has 0 aromatic carbocycles. The normalized spacial score (nSPS) is 56.5. The Hall–Kier alpha value is -1.32. The Balaban J connectivity index is 1.70. The highest BCUT2D eigenvalue weighted by Crippen LogP contribution is 2.76. The second-order valence-electron chi connectivity index (χ2n) is 10.5. The van der Waals surface area contributed by atoms with Crippen LogP contribution in [0.15, 0.2) is 12.2 Å². The molecular weight excluding hydrogens is 392 g/mol. The van der Waals surface area contributed by atoms with Crippen LogP contribution in [0.3, 0.4) is 0 Å². The van der Waals surface area contributed by atoms with Crippen molar-refractivity contribution in [3.05, 3.63) is 12.2 Å². The molecule has 2 heterocycles. The number of Topliss-reactive ketones (excluding diaryl/α,β-unsaturated/α-hetero) is 1. The summed E-state index contributed by atoms with van der Waals surface area (Å²) in [6, 6.07) is 0. The number of aliphatic hydroxyl groups excluding tert-OH is 3. The predicted octanol–water partition coefficient (Wildman–Crippen LogP) is -0.0812. The molecule has 8 nitrogen and oxygen atoms in total. The first-order chi connectivity index (χ1) is 14.0. The standard InChI is InChI=1S/C22H30O8/c1-10-14-12(24)7-13-20-6-4-5-19(3,8-29-11(2)23)15(20)18(27)22(28,30-9-20)21(13,16(10)25)17(14)26/h12-15,17-18,24,26-28H,1,4-9H2,2-3H3/t12-,13-,14+,15+,17+,18-,19-,20+,21-,22+/m0/s1. The van der Waals surface area contributed by atoms with Crippen molar-refractivity contribution in [2.24, 2.45) is 34.0 Å². The van der Waals surface area contributed by atoms with Crippen LogP contribution in [0.2, 0.25) is 0 Å². The Kier molecular flexibility index (Phi) is 4.06. The zero-order valence-corrected chi connectivity index (χ0v) is 17.3. The maximum absolute atomic E-state index is 13.5. The van der Waals surface area contributed by atoms with Gasteiger partial charge in [-0.1, -0.05) is 19.9 Å². The molecule has 4 N–H and O–H groups in total. The van der Waals surface area contributed by atoms with Gasteiger partial charge >= 0.3 is 5.97 Å². The van der Waals surface area contributed by atoms with Crippen molar-refractivity contribution in [1.82, 2.24) is 0 Å². The zero-order valence-electron chi connectivity index (χ0n) is 17.3. The van der Waals surface area contributed by atoms with Gasteiger partial charge in [0.1, 0.15) is 11.5 Å².